The predicted molar refractivity (Wildman–Crippen MR) is 223 cm³/mol. The maximum atomic E-state index is 14.4. The maximum Gasteiger partial charge on any atom is 0.310 e. The van der Waals surface area contributed by atoms with Crippen molar-refractivity contribution in [1.82, 2.24) is 25.6 Å². The van der Waals surface area contributed by atoms with Crippen LogP contribution < -0.4 is 21.3 Å². The van der Waals surface area contributed by atoms with Gasteiger partial charge in [0.25, 0.3) is 5.91 Å². The van der Waals surface area contributed by atoms with E-state index in [1.165, 1.54) is 26.9 Å². The van der Waals surface area contributed by atoms with E-state index in [4.69, 9.17) is 14.2 Å². The van der Waals surface area contributed by atoms with E-state index in [2.05, 4.69) is 72.4 Å². The summed E-state index contributed by atoms with van der Waals surface area (Å²) < 4.78 is 15.2. The number of aromatic nitrogens is 3. The molecule has 0 aliphatic carbocycles. The van der Waals surface area contributed by atoms with Crippen LogP contribution in [0.3, 0.4) is 0 Å². The van der Waals surface area contributed by atoms with Crippen LogP contribution in [0.25, 0.3) is 23.8 Å². The molecule has 13 nitrogen and oxygen atoms in total. The zero-order valence-electron chi connectivity index (χ0n) is 35.4. The van der Waals surface area contributed by atoms with Crippen LogP contribution in [0.4, 0.5) is 0 Å². The van der Waals surface area contributed by atoms with E-state index in [9.17, 15) is 24.0 Å². The summed E-state index contributed by atoms with van der Waals surface area (Å²) in [6, 6.07) is 0. The minimum atomic E-state index is -0.504. The molecule has 5 rings (SSSR count). The van der Waals surface area contributed by atoms with E-state index in [0.717, 1.165) is 57.3 Å². The number of nitrogens with one attached hydrogen (secondary N) is 5. The van der Waals surface area contributed by atoms with Crippen molar-refractivity contribution in [3.8, 4) is 0 Å². The first-order chi connectivity index (χ1) is 27.8. The molecule has 5 N–H and O–H groups in total. The molecule has 13 heteroatoms. The first-order valence-corrected chi connectivity index (χ1v) is 20.3. The smallest absolute Gasteiger partial charge is 0.310 e. The standard InChI is InChI=1S/C45H59N5O8/c1-10-30-24(3)34-21-36-26(5)32(14-15-40(53)57-8)43(49-36)33(20-41(54)58-9)44-42(45(55)46-18-16-28(51)12-13-29(52)17-19-56-7)27(6)37(50-44)23-39-31(11-2)25(4)35(48-39)22-38(30)47-34/h21-23,26,32,47-50H,10-20H2,1-9H3,(H,46,55). The van der Waals surface area contributed by atoms with Gasteiger partial charge in [0.2, 0.25) is 0 Å². The molecule has 0 radical (unpaired) electrons. The highest BCUT2D eigenvalue weighted by Crippen LogP contribution is 2.43. The topological polar surface area (TPSA) is 184 Å². The van der Waals surface area contributed by atoms with Crippen molar-refractivity contribution in [2.75, 3.05) is 34.5 Å². The maximum absolute atomic E-state index is 14.4. The monoisotopic (exact) mass is 797 g/mol. The van der Waals surface area contributed by atoms with Crippen molar-refractivity contribution < 1.29 is 38.2 Å². The van der Waals surface area contributed by atoms with Gasteiger partial charge < -0.3 is 39.8 Å². The molecule has 2 unspecified atom stereocenters. The third kappa shape index (κ3) is 9.47. The number of rotatable bonds is 17. The largest absolute Gasteiger partial charge is 0.469 e. The Hall–Kier alpha value is -5.43. The Morgan fingerprint density at radius 1 is 0.707 bits per heavy atom. The number of methoxy groups -OCH3 is 3. The lowest BCUT2D eigenvalue weighted by atomic mass is 9.85. The van der Waals surface area contributed by atoms with E-state index < -0.39 is 11.9 Å². The number of hydrogen-bond donors (Lipinski definition) is 5. The zero-order chi connectivity index (χ0) is 42.3. The summed E-state index contributed by atoms with van der Waals surface area (Å²) in [5.74, 6) is -1.83. The molecular formula is C45H59N5O8. The van der Waals surface area contributed by atoms with E-state index in [1.54, 1.807) is 0 Å². The number of hydrogen-bond acceptors (Lipinski definition) is 9. The van der Waals surface area contributed by atoms with Crippen LogP contribution in [0.2, 0.25) is 0 Å². The van der Waals surface area contributed by atoms with Gasteiger partial charge in [-0.15, -0.1) is 0 Å². The van der Waals surface area contributed by atoms with Crippen molar-refractivity contribution in [3.05, 3.63) is 78.2 Å². The van der Waals surface area contributed by atoms with Crippen LogP contribution in [0.5, 0.6) is 0 Å². The molecule has 5 heterocycles. The molecule has 1 fully saturated rings. The second-order valence-electron chi connectivity index (χ2n) is 15.2. The first-order valence-electron chi connectivity index (χ1n) is 20.3. The molecule has 3 aromatic heterocycles. The van der Waals surface area contributed by atoms with E-state index in [-0.39, 0.29) is 74.4 Å². The number of ketones is 2. The molecule has 8 bridgehead atoms. The van der Waals surface area contributed by atoms with Gasteiger partial charge in [-0.25, -0.2) is 0 Å². The molecule has 0 aromatic carbocycles. The Morgan fingerprint density at radius 2 is 1.36 bits per heavy atom. The minimum Gasteiger partial charge on any atom is -0.469 e. The highest BCUT2D eigenvalue weighted by Gasteiger charge is 2.37. The normalized spacial score (nSPS) is 15.9. The molecular weight excluding hydrogens is 739 g/mol. The van der Waals surface area contributed by atoms with Gasteiger partial charge in [-0.1, -0.05) is 20.8 Å². The van der Waals surface area contributed by atoms with Crippen LogP contribution in [0, 0.1) is 32.6 Å². The third-order valence-corrected chi connectivity index (χ3v) is 11.8. The average Bonchev–Trinajstić information content (AvgIpc) is 3.89. The Morgan fingerprint density at radius 3 is 2.02 bits per heavy atom. The Bertz CT molecular complexity index is 2270. The van der Waals surface area contributed by atoms with Crippen LogP contribution in [0.15, 0.2) is 11.4 Å². The van der Waals surface area contributed by atoms with Crippen molar-refractivity contribution in [3.63, 3.8) is 0 Å². The summed E-state index contributed by atoms with van der Waals surface area (Å²) in [7, 11) is 4.22. The summed E-state index contributed by atoms with van der Waals surface area (Å²) in [6.45, 7) is 12.8. The molecule has 58 heavy (non-hydrogen) atoms. The van der Waals surface area contributed by atoms with Gasteiger partial charge in [0.05, 0.1) is 38.5 Å². The van der Waals surface area contributed by atoms with E-state index >= 15 is 0 Å². The number of ether oxygens (including phenoxy) is 3. The Balaban J connectivity index is 1.72. The molecule has 0 spiro atoms. The molecule has 2 aliphatic rings. The summed E-state index contributed by atoms with van der Waals surface area (Å²) in [5, 5.41) is 8.47. The molecule has 1 saturated heterocycles. The number of allylic oxidation sites excluding steroid dienone is 2. The number of H-pyrrole nitrogens is 3. The van der Waals surface area contributed by atoms with Crippen LogP contribution in [0.1, 0.15) is 127 Å². The minimum absolute atomic E-state index is 0.0481. The highest BCUT2D eigenvalue weighted by molar-refractivity contribution is 6.03. The average molecular weight is 798 g/mol. The fourth-order valence-electron chi connectivity index (χ4n) is 8.26. The van der Waals surface area contributed by atoms with Gasteiger partial charge in [0.15, 0.2) is 0 Å². The number of Topliss-reactive ketones (excluding diaryl/α,β-unsaturated/α-hetero) is 2. The lowest BCUT2D eigenvalue weighted by Gasteiger charge is -2.19. The lowest BCUT2D eigenvalue weighted by molar-refractivity contribution is -0.141. The molecule has 2 atom stereocenters. The summed E-state index contributed by atoms with van der Waals surface area (Å²) in [4.78, 5) is 76.0. The van der Waals surface area contributed by atoms with E-state index in [1.807, 2.05) is 13.0 Å². The van der Waals surface area contributed by atoms with Gasteiger partial charge >= 0.3 is 11.9 Å². The fraction of sp³-hybridized carbons (Fsp3) is 0.489. The summed E-state index contributed by atoms with van der Waals surface area (Å²) in [6.07, 6.45) is 8.78. The number of aromatic amines is 3. The third-order valence-electron chi connectivity index (χ3n) is 11.8. The van der Waals surface area contributed by atoms with Crippen molar-refractivity contribution in [2.24, 2.45) is 11.8 Å². The number of carbonyl (C=O) groups excluding carboxylic acids is 5. The first kappa shape index (κ1) is 43.7. The summed E-state index contributed by atoms with van der Waals surface area (Å²) in [5.41, 5.74) is 10.8. The molecule has 312 valence electrons. The van der Waals surface area contributed by atoms with Crippen molar-refractivity contribution >= 4 is 53.2 Å². The quantitative estimate of drug-likeness (QED) is 0.119. The van der Waals surface area contributed by atoms with Gasteiger partial charge in [0, 0.05) is 102 Å². The van der Waals surface area contributed by atoms with Gasteiger partial charge in [0.1, 0.15) is 11.6 Å². The van der Waals surface area contributed by atoms with Crippen LogP contribution >= 0.6 is 0 Å². The molecule has 0 saturated carbocycles. The van der Waals surface area contributed by atoms with Gasteiger partial charge in [-0.2, -0.15) is 0 Å². The van der Waals surface area contributed by atoms with Crippen LogP contribution in [-0.2, 0) is 46.2 Å². The molecule has 2 aliphatic heterocycles. The number of fused-ring (bicyclic) bond motifs is 8. The highest BCUT2D eigenvalue weighted by atomic mass is 16.5. The summed E-state index contributed by atoms with van der Waals surface area (Å²) >= 11 is 0. The second kappa shape index (κ2) is 19.3. The zero-order valence-corrected chi connectivity index (χ0v) is 35.4. The molecule has 3 aromatic rings. The second-order valence-corrected chi connectivity index (χ2v) is 15.2. The van der Waals surface area contributed by atoms with Gasteiger partial charge in [-0.05, 0) is 86.1 Å². The van der Waals surface area contributed by atoms with E-state index in [0.29, 0.717) is 46.8 Å². The van der Waals surface area contributed by atoms with Crippen LogP contribution in [-0.4, -0.2) is 78.8 Å². The number of amides is 1. The SMILES string of the molecule is CCc1c2[nH]c(c1C)C=C1NC(=C(CC(=O)OC)c3[nH]c(c(C)c3C(=O)NCCC(=O)CCC(=O)CCOC)C=c3[nH]c(c(C)c3CC)=C2)C(CCC(=O)OC)C1C. The lowest BCUT2D eigenvalue weighted by Crippen LogP contribution is -2.27. The van der Waals surface area contributed by atoms with Crippen molar-refractivity contribution in [1.29, 1.82) is 0 Å². The molecule has 1 amide bonds. The van der Waals surface area contributed by atoms with Gasteiger partial charge in [-0.3, -0.25) is 24.0 Å². The van der Waals surface area contributed by atoms with Crippen molar-refractivity contribution in [2.45, 2.75) is 99.3 Å². The predicted octanol–water partition coefficient (Wildman–Crippen LogP) is 4.89. The Labute approximate surface area is 340 Å². The fourth-order valence-corrected chi connectivity index (χ4v) is 8.26. The Kier molecular flexibility index (Phi) is 14.6. The number of esters is 2. The number of carbonyl (C=O) groups is 5.